The van der Waals surface area contributed by atoms with Gasteiger partial charge in [-0.25, -0.2) is 4.98 Å². The van der Waals surface area contributed by atoms with Gasteiger partial charge >= 0.3 is 5.97 Å². The van der Waals surface area contributed by atoms with Crippen LogP contribution in [0.1, 0.15) is 42.6 Å². The Bertz CT molecular complexity index is 1070. The van der Waals surface area contributed by atoms with Crippen LogP contribution in [-0.2, 0) is 29.5 Å². The summed E-state index contributed by atoms with van der Waals surface area (Å²) in [4.78, 5) is 19.9. The van der Waals surface area contributed by atoms with E-state index in [4.69, 9.17) is 9.26 Å². The fourth-order valence-electron chi connectivity index (χ4n) is 4.54. The number of piperidine rings is 1. The molecular weight excluding hydrogens is 404 g/mol. The van der Waals surface area contributed by atoms with Crippen LogP contribution in [0.3, 0.4) is 0 Å². The normalized spacial score (nSPS) is 19.2. The van der Waals surface area contributed by atoms with E-state index < -0.39 is 5.41 Å². The first-order chi connectivity index (χ1) is 15.4. The number of aromatic nitrogens is 3. The van der Waals surface area contributed by atoms with Crippen LogP contribution in [0.25, 0.3) is 11.3 Å². The van der Waals surface area contributed by atoms with Gasteiger partial charge in [0.25, 0.3) is 0 Å². The third-order valence-electron chi connectivity index (χ3n) is 6.49. The van der Waals surface area contributed by atoms with E-state index in [1.54, 1.807) is 0 Å². The van der Waals surface area contributed by atoms with Crippen molar-refractivity contribution in [2.45, 2.75) is 46.6 Å². The first kappa shape index (κ1) is 22.3. The Morgan fingerprint density at radius 2 is 2.03 bits per heavy atom. The number of rotatable bonds is 7. The van der Waals surface area contributed by atoms with Crippen LogP contribution in [0, 0.1) is 19.3 Å². The Morgan fingerprint density at radius 1 is 1.25 bits per heavy atom. The van der Waals surface area contributed by atoms with E-state index in [1.807, 2.05) is 45.3 Å². The van der Waals surface area contributed by atoms with E-state index in [9.17, 15) is 4.79 Å². The lowest BCUT2D eigenvalue weighted by Crippen LogP contribution is -2.49. The lowest BCUT2D eigenvalue weighted by molar-refractivity contribution is -0.159. The number of hydrogen-bond donors (Lipinski definition) is 0. The number of hydrogen-bond acceptors (Lipinski definition) is 6. The van der Waals surface area contributed by atoms with Crippen molar-refractivity contribution < 1.29 is 14.1 Å². The van der Waals surface area contributed by atoms with Crippen LogP contribution in [0.5, 0.6) is 0 Å². The van der Waals surface area contributed by atoms with Gasteiger partial charge in [0.2, 0.25) is 0 Å². The van der Waals surface area contributed by atoms with Crippen LogP contribution in [-0.4, -0.2) is 45.3 Å². The molecule has 32 heavy (non-hydrogen) atoms. The zero-order chi connectivity index (χ0) is 22.7. The quantitative estimate of drug-likeness (QED) is 0.520. The van der Waals surface area contributed by atoms with Crippen molar-refractivity contribution in [1.29, 1.82) is 0 Å². The molecule has 1 aromatic carbocycles. The number of benzene rings is 1. The molecule has 1 saturated heterocycles. The van der Waals surface area contributed by atoms with Crippen molar-refractivity contribution in [1.82, 2.24) is 19.6 Å². The average molecular weight is 437 g/mol. The van der Waals surface area contributed by atoms with Crippen molar-refractivity contribution >= 4 is 5.97 Å². The van der Waals surface area contributed by atoms with E-state index in [1.165, 1.54) is 5.56 Å². The number of carbonyl (C=O) groups is 1. The number of nitrogens with zero attached hydrogens (tertiary/aromatic N) is 4. The van der Waals surface area contributed by atoms with Crippen LogP contribution in [0.4, 0.5) is 0 Å². The third-order valence-corrected chi connectivity index (χ3v) is 6.49. The Balaban J connectivity index is 1.56. The Kier molecular flexibility index (Phi) is 6.46. The van der Waals surface area contributed by atoms with Gasteiger partial charge in [-0.05, 0) is 40.2 Å². The molecule has 0 bridgehead atoms. The van der Waals surface area contributed by atoms with Crippen molar-refractivity contribution in [2.24, 2.45) is 12.5 Å². The summed E-state index contributed by atoms with van der Waals surface area (Å²) in [5, 5.41) is 4.27. The first-order valence-corrected chi connectivity index (χ1v) is 11.3. The van der Waals surface area contributed by atoms with Gasteiger partial charge in [0.1, 0.15) is 17.3 Å². The maximum absolute atomic E-state index is 13.2. The molecule has 0 N–H and O–H groups in total. The zero-order valence-electron chi connectivity index (χ0n) is 19.4. The van der Waals surface area contributed by atoms with Crippen molar-refractivity contribution in [2.75, 3.05) is 19.7 Å². The molecule has 1 aliphatic heterocycles. The molecule has 170 valence electrons. The fraction of sp³-hybridized carbons (Fsp3) is 0.480. The minimum Gasteiger partial charge on any atom is -0.466 e. The molecule has 0 amide bonds. The smallest absolute Gasteiger partial charge is 0.313 e. The number of carbonyl (C=O) groups excluding carboxylic acids is 1. The Hall–Kier alpha value is -2.93. The largest absolute Gasteiger partial charge is 0.466 e. The predicted molar refractivity (Wildman–Crippen MR) is 122 cm³/mol. The van der Waals surface area contributed by atoms with Crippen LogP contribution in [0.2, 0.25) is 0 Å². The molecule has 0 radical (unpaired) electrons. The topological polar surface area (TPSA) is 73.4 Å². The summed E-state index contributed by atoms with van der Waals surface area (Å²) in [6.07, 6.45) is 4.09. The zero-order valence-corrected chi connectivity index (χ0v) is 19.4. The van der Waals surface area contributed by atoms with Crippen LogP contribution >= 0.6 is 0 Å². The average Bonchev–Trinajstić information content (AvgIpc) is 3.36. The van der Waals surface area contributed by atoms with Gasteiger partial charge in [0.15, 0.2) is 0 Å². The predicted octanol–water partition coefficient (Wildman–Crippen LogP) is 4.08. The summed E-state index contributed by atoms with van der Waals surface area (Å²) in [6.45, 7) is 8.60. The van der Waals surface area contributed by atoms with Gasteiger partial charge in [-0.3, -0.25) is 9.69 Å². The van der Waals surface area contributed by atoms with E-state index in [0.29, 0.717) is 25.3 Å². The molecule has 4 rings (SSSR count). The monoisotopic (exact) mass is 436 g/mol. The summed E-state index contributed by atoms with van der Waals surface area (Å²) in [6, 6.07) is 10.1. The van der Waals surface area contributed by atoms with E-state index in [0.717, 1.165) is 48.7 Å². The van der Waals surface area contributed by atoms with Crippen molar-refractivity contribution in [3.8, 4) is 11.3 Å². The van der Waals surface area contributed by atoms with Crippen LogP contribution in [0.15, 0.2) is 41.1 Å². The lowest BCUT2D eigenvalue weighted by Gasteiger charge is -2.40. The van der Waals surface area contributed by atoms with Gasteiger partial charge in [-0.15, -0.1) is 0 Å². The van der Waals surface area contributed by atoms with Crippen molar-refractivity contribution in [3.63, 3.8) is 0 Å². The minimum atomic E-state index is -0.647. The number of ether oxygens (including phenoxy) is 1. The Labute approximate surface area is 189 Å². The van der Waals surface area contributed by atoms with Gasteiger partial charge < -0.3 is 13.8 Å². The number of imidazole rings is 1. The van der Waals surface area contributed by atoms with E-state index in [-0.39, 0.29) is 5.97 Å². The number of aryl methyl sites for hydroxylation is 2. The number of likely N-dealkylation sites (tertiary alicyclic amines) is 1. The number of esters is 1. The summed E-state index contributed by atoms with van der Waals surface area (Å²) in [5.41, 5.74) is 3.49. The van der Waals surface area contributed by atoms with Crippen LogP contribution < -0.4 is 0 Å². The molecule has 0 saturated carbocycles. The summed E-state index contributed by atoms with van der Waals surface area (Å²) in [5.74, 6) is 1.55. The summed E-state index contributed by atoms with van der Waals surface area (Å²) in [7, 11) is 2.03. The first-order valence-electron chi connectivity index (χ1n) is 11.3. The highest BCUT2D eigenvalue weighted by Crippen LogP contribution is 2.36. The highest BCUT2D eigenvalue weighted by Gasteiger charge is 2.44. The molecular formula is C25H32N4O3. The van der Waals surface area contributed by atoms with Gasteiger partial charge in [0, 0.05) is 44.4 Å². The molecule has 0 spiro atoms. The second kappa shape index (κ2) is 9.28. The van der Waals surface area contributed by atoms with E-state index >= 15 is 0 Å². The molecule has 1 fully saturated rings. The molecule has 1 aliphatic rings. The molecule has 7 nitrogen and oxygen atoms in total. The Morgan fingerprint density at radius 3 is 2.72 bits per heavy atom. The minimum absolute atomic E-state index is 0.154. The summed E-state index contributed by atoms with van der Waals surface area (Å²) >= 11 is 0. The second-order valence-electron chi connectivity index (χ2n) is 8.89. The molecule has 1 atom stereocenters. The fourth-order valence-corrected chi connectivity index (χ4v) is 4.54. The van der Waals surface area contributed by atoms with Gasteiger partial charge in [0.05, 0.1) is 17.7 Å². The maximum atomic E-state index is 13.2. The lowest BCUT2D eigenvalue weighted by atomic mass is 9.76. The SMILES string of the molecule is CCOC(=O)[C@]1(Cc2cc(-c3ccc(C)cc3)no2)CCCN(Cc2cnc(C)n2C)C1. The van der Waals surface area contributed by atoms with Gasteiger partial charge in [-0.1, -0.05) is 35.0 Å². The third kappa shape index (κ3) is 4.63. The molecule has 0 unspecified atom stereocenters. The highest BCUT2D eigenvalue weighted by atomic mass is 16.5. The van der Waals surface area contributed by atoms with Crippen molar-refractivity contribution in [3.05, 3.63) is 59.4 Å². The second-order valence-corrected chi connectivity index (χ2v) is 8.89. The van der Waals surface area contributed by atoms with Gasteiger partial charge in [-0.2, -0.15) is 0 Å². The molecule has 2 aromatic heterocycles. The standard InChI is InChI=1S/C25H32N4O3/c1-5-31-24(30)25(11-6-12-29(17-25)16-21-15-26-19(3)28(21)4)14-22-13-23(27-32-22)20-9-7-18(2)8-10-20/h7-10,13,15H,5-6,11-12,14,16-17H2,1-4H3/t25-/m0/s1. The molecule has 3 aromatic rings. The highest BCUT2D eigenvalue weighted by molar-refractivity contribution is 5.77. The van der Waals surface area contributed by atoms with E-state index in [2.05, 4.69) is 38.7 Å². The maximum Gasteiger partial charge on any atom is 0.313 e. The molecule has 0 aliphatic carbocycles. The summed E-state index contributed by atoms with van der Waals surface area (Å²) < 4.78 is 13.3. The molecule has 3 heterocycles. The molecule has 7 heteroatoms.